The quantitative estimate of drug-likeness (QED) is 0.116. The average Bonchev–Trinajstić information content (AvgIpc) is 3.83. The molecule has 262 valence electrons. The molecule has 49 heavy (non-hydrogen) atoms. The third-order valence-electron chi connectivity index (χ3n) is 8.98. The van der Waals surface area contributed by atoms with Crippen molar-refractivity contribution in [2.24, 2.45) is 0 Å². The number of benzene rings is 1. The minimum absolute atomic E-state index is 0.0397. The summed E-state index contributed by atoms with van der Waals surface area (Å²) >= 11 is 1.90. The van der Waals surface area contributed by atoms with Crippen LogP contribution in [-0.4, -0.2) is 95.3 Å². The van der Waals surface area contributed by atoms with Gasteiger partial charge in [-0.2, -0.15) is 16.9 Å². The number of carbonyl (C=O) groups excluding carboxylic acids is 3. The van der Waals surface area contributed by atoms with Crippen LogP contribution in [0.15, 0.2) is 54.9 Å². The van der Waals surface area contributed by atoms with E-state index in [-0.39, 0.29) is 36.0 Å². The molecule has 2 fully saturated rings. The summed E-state index contributed by atoms with van der Waals surface area (Å²) in [6.45, 7) is 2.65. The molecule has 2 aromatic heterocycles. The molecule has 4 N–H and O–H groups in total. The molecule has 3 aliphatic rings. The monoisotopic (exact) mass is 691 g/mol. The lowest BCUT2D eigenvalue weighted by molar-refractivity contribution is -0.121. The van der Waals surface area contributed by atoms with Crippen LogP contribution in [0.5, 0.6) is 5.75 Å². The number of thioether (sulfide) groups is 1. The Morgan fingerprint density at radius 2 is 1.84 bits per heavy atom. The maximum absolute atomic E-state index is 12.7. The second-order valence-electron chi connectivity index (χ2n) is 12.4. The highest BCUT2D eigenvalue weighted by Crippen LogP contribution is 2.33. The molecule has 13 nitrogen and oxygen atoms in total. The summed E-state index contributed by atoms with van der Waals surface area (Å²) < 4.78 is 19.0. The van der Waals surface area contributed by atoms with Gasteiger partial charge in [-0.15, -0.1) is 0 Å². The van der Waals surface area contributed by atoms with E-state index < -0.39 is 0 Å². The smallest absolute Gasteiger partial charge is 0.315 e. The van der Waals surface area contributed by atoms with Gasteiger partial charge in [-0.3, -0.25) is 14.6 Å². The van der Waals surface area contributed by atoms with Crippen molar-refractivity contribution in [3.05, 3.63) is 71.8 Å². The topological polar surface area (TPSA) is 158 Å². The van der Waals surface area contributed by atoms with E-state index in [4.69, 9.17) is 14.2 Å². The number of urea groups is 1. The number of unbranched alkanes of at least 4 members (excludes halogenated alkanes) is 1. The van der Waals surface area contributed by atoms with E-state index in [0.29, 0.717) is 56.9 Å². The molecule has 1 aromatic carbocycles. The number of nitrogens with one attached hydrogen (secondary N) is 4. The SMILES string of the molecule is O=C(CCCCC1SCC2NC(=O)NC21)NCCOCCOCCOc1ccc(-n2ncc3c2CCCC3NC(=O)c2ccccn2)cc1. The normalized spacial score (nSPS) is 20.9. The van der Waals surface area contributed by atoms with Gasteiger partial charge < -0.3 is 35.5 Å². The van der Waals surface area contributed by atoms with Gasteiger partial charge in [-0.25, -0.2) is 9.48 Å². The van der Waals surface area contributed by atoms with Crippen molar-refractivity contribution >= 4 is 29.6 Å². The van der Waals surface area contributed by atoms with Crippen molar-refractivity contribution < 1.29 is 28.6 Å². The molecule has 4 heterocycles. The van der Waals surface area contributed by atoms with E-state index in [1.165, 1.54) is 0 Å². The van der Waals surface area contributed by atoms with Crippen LogP contribution < -0.4 is 26.0 Å². The van der Waals surface area contributed by atoms with Gasteiger partial charge in [0.2, 0.25) is 5.91 Å². The molecule has 0 radical (unpaired) electrons. The molecule has 2 aliphatic heterocycles. The Bertz CT molecular complexity index is 1540. The van der Waals surface area contributed by atoms with E-state index in [0.717, 1.165) is 67.0 Å². The number of aromatic nitrogens is 3. The summed E-state index contributed by atoms with van der Waals surface area (Å²) in [7, 11) is 0. The molecule has 0 bridgehead atoms. The minimum atomic E-state index is -0.180. The first-order chi connectivity index (χ1) is 24.0. The maximum atomic E-state index is 12.7. The van der Waals surface area contributed by atoms with Crippen molar-refractivity contribution in [2.75, 3.05) is 45.3 Å². The average molecular weight is 692 g/mol. The summed E-state index contributed by atoms with van der Waals surface area (Å²) in [6, 6.07) is 13.4. The largest absolute Gasteiger partial charge is 0.491 e. The Balaban J connectivity index is 0.794. The van der Waals surface area contributed by atoms with Crippen LogP contribution in [-0.2, 0) is 20.7 Å². The second-order valence-corrected chi connectivity index (χ2v) is 13.6. The lowest BCUT2D eigenvalue weighted by Crippen LogP contribution is -2.36. The van der Waals surface area contributed by atoms with Crippen molar-refractivity contribution in [3.63, 3.8) is 0 Å². The van der Waals surface area contributed by atoms with Gasteiger partial charge in [0.15, 0.2) is 0 Å². The van der Waals surface area contributed by atoms with Crippen LogP contribution in [0.4, 0.5) is 4.79 Å². The summed E-state index contributed by atoms with van der Waals surface area (Å²) in [5.74, 6) is 1.56. The third-order valence-corrected chi connectivity index (χ3v) is 10.5. The van der Waals surface area contributed by atoms with Gasteiger partial charge >= 0.3 is 6.03 Å². The fraction of sp³-hybridized carbons (Fsp3) is 0.514. The molecular formula is C35H45N7O6S. The molecular weight excluding hydrogens is 646 g/mol. The number of ether oxygens (including phenoxy) is 3. The van der Waals surface area contributed by atoms with Crippen LogP contribution in [0.3, 0.4) is 0 Å². The van der Waals surface area contributed by atoms with E-state index in [1.807, 2.05) is 53.0 Å². The van der Waals surface area contributed by atoms with Gasteiger partial charge in [0.05, 0.1) is 56.4 Å². The number of rotatable bonds is 18. The highest BCUT2D eigenvalue weighted by molar-refractivity contribution is 8.00. The zero-order chi connectivity index (χ0) is 33.8. The van der Waals surface area contributed by atoms with Gasteiger partial charge in [0.25, 0.3) is 5.91 Å². The van der Waals surface area contributed by atoms with Crippen LogP contribution >= 0.6 is 11.8 Å². The van der Waals surface area contributed by atoms with Gasteiger partial charge in [-0.05, 0) is 68.5 Å². The predicted octanol–water partition coefficient (Wildman–Crippen LogP) is 3.33. The zero-order valence-electron chi connectivity index (χ0n) is 27.6. The van der Waals surface area contributed by atoms with Crippen molar-refractivity contribution in [3.8, 4) is 11.4 Å². The van der Waals surface area contributed by atoms with Crippen LogP contribution in [0.2, 0.25) is 0 Å². The number of fused-ring (bicyclic) bond motifs is 2. The Morgan fingerprint density at radius 1 is 1.00 bits per heavy atom. The number of hydrogen-bond donors (Lipinski definition) is 4. The number of pyridine rings is 1. The molecule has 4 atom stereocenters. The first kappa shape index (κ1) is 34.7. The molecule has 0 saturated carbocycles. The number of carbonyl (C=O) groups is 3. The number of nitrogens with zero attached hydrogens (tertiary/aromatic N) is 3. The highest BCUT2D eigenvalue weighted by atomic mass is 32.2. The minimum Gasteiger partial charge on any atom is -0.491 e. The highest BCUT2D eigenvalue weighted by Gasteiger charge is 2.42. The molecule has 1 aliphatic carbocycles. The molecule has 0 spiro atoms. The first-order valence-corrected chi connectivity index (χ1v) is 18.2. The van der Waals surface area contributed by atoms with Crippen LogP contribution in [0.25, 0.3) is 5.69 Å². The van der Waals surface area contributed by atoms with Gasteiger partial charge in [0, 0.05) is 41.4 Å². The van der Waals surface area contributed by atoms with Crippen molar-refractivity contribution in [1.29, 1.82) is 0 Å². The zero-order valence-corrected chi connectivity index (χ0v) is 28.4. The molecule has 2 saturated heterocycles. The summed E-state index contributed by atoms with van der Waals surface area (Å²) in [5.41, 5.74) is 3.49. The van der Waals surface area contributed by atoms with E-state index in [2.05, 4.69) is 31.3 Å². The van der Waals surface area contributed by atoms with E-state index >= 15 is 0 Å². The predicted molar refractivity (Wildman–Crippen MR) is 185 cm³/mol. The lowest BCUT2D eigenvalue weighted by Gasteiger charge is -2.24. The summed E-state index contributed by atoms with van der Waals surface area (Å²) in [5, 5.41) is 17.1. The molecule has 3 aromatic rings. The Labute approximate surface area is 290 Å². The number of hydrogen-bond acceptors (Lipinski definition) is 9. The first-order valence-electron chi connectivity index (χ1n) is 17.2. The van der Waals surface area contributed by atoms with Crippen LogP contribution in [0.1, 0.15) is 66.3 Å². The molecule has 6 rings (SSSR count). The third kappa shape index (κ3) is 9.52. The van der Waals surface area contributed by atoms with Crippen molar-refractivity contribution in [2.45, 2.75) is 68.3 Å². The van der Waals surface area contributed by atoms with Crippen molar-refractivity contribution in [1.82, 2.24) is 36.0 Å². The Hall–Kier alpha value is -4.14. The van der Waals surface area contributed by atoms with E-state index in [1.54, 1.807) is 18.3 Å². The molecule has 4 unspecified atom stereocenters. The van der Waals surface area contributed by atoms with Gasteiger partial charge in [0.1, 0.15) is 18.1 Å². The second kappa shape index (κ2) is 17.5. The summed E-state index contributed by atoms with van der Waals surface area (Å²) in [6.07, 6.45) is 9.50. The fourth-order valence-electron chi connectivity index (χ4n) is 6.51. The maximum Gasteiger partial charge on any atom is 0.315 e. The van der Waals surface area contributed by atoms with E-state index in [9.17, 15) is 14.4 Å². The lowest BCUT2D eigenvalue weighted by atomic mass is 9.92. The molecule has 4 amide bonds. The summed E-state index contributed by atoms with van der Waals surface area (Å²) in [4.78, 5) is 40.5. The van der Waals surface area contributed by atoms with Crippen LogP contribution in [0, 0.1) is 0 Å². The Morgan fingerprint density at radius 3 is 2.67 bits per heavy atom. The fourth-order valence-corrected chi connectivity index (χ4v) is 8.05. The standard InChI is InChI=1S/C35H45N7O6S/c43-32(10-2-1-9-31-33-29(23-49-31)40-35(45)41-33)37-16-17-46-18-19-47-20-21-48-25-13-11-24(12-14-25)42-30-8-5-7-27(26(30)22-38-42)39-34(44)28-6-3-4-15-36-28/h3-4,6,11-15,22,27,29,31,33H,1-2,5,7-10,16-21,23H2,(H,37,43)(H,39,44)(H2,40,41,45). The van der Waals surface area contributed by atoms with Gasteiger partial charge in [-0.1, -0.05) is 12.5 Å². The molecule has 14 heteroatoms. The Kier molecular flexibility index (Phi) is 12.4. The number of amides is 4.